The molecule has 0 aliphatic carbocycles. The van der Waals surface area contributed by atoms with E-state index in [2.05, 4.69) is 18.9 Å². The number of carbonyl (C=O) groups is 2. The van der Waals surface area contributed by atoms with Gasteiger partial charge in [-0.1, -0.05) is 20.1 Å². The summed E-state index contributed by atoms with van der Waals surface area (Å²) in [6, 6.07) is 0. The van der Waals surface area contributed by atoms with Crippen LogP contribution < -0.4 is 5.73 Å². The first-order valence-electron chi connectivity index (χ1n) is 3.28. The van der Waals surface area contributed by atoms with Gasteiger partial charge in [-0.25, -0.2) is 4.79 Å². The molecule has 1 amide bonds. The van der Waals surface area contributed by atoms with Crippen LogP contribution in [0.5, 0.6) is 0 Å². The molecule has 4 heteroatoms. The van der Waals surface area contributed by atoms with Gasteiger partial charge in [0.25, 0.3) is 0 Å². The fourth-order valence-electron chi connectivity index (χ4n) is 0.151. The van der Waals surface area contributed by atoms with E-state index in [-0.39, 0.29) is 5.57 Å². The number of rotatable bonds is 3. The van der Waals surface area contributed by atoms with E-state index in [0.29, 0.717) is 6.42 Å². The minimum Gasteiger partial charge on any atom is -0.478 e. The van der Waals surface area contributed by atoms with Crippen molar-refractivity contribution in [2.24, 2.45) is 5.73 Å². The molecule has 0 aliphatic heterocycles. The smallest absolute Gasteiger partial charge is 0.330 e. The molecule has 0 heterocycles. The number of primary amides is 1. The van der Waals surface area contributed by atoms with Crippen LogP contribution in [0.1, 0.15) is 13.3 Å². The number of hydrogen-bond acceptors (Lipinski definition) is 2. The van der Waals surface area contributed by atoms with Crippen LogP contribution >= 0.6 is 0 Å². The van der Waals surface area contributed by atoms with Crippen LogP contribution in [0, 0.1) is 0 Å². The van der Waals surface area contributed by atoms with E-state index in [1.54, 1.807) is 6.92 Å². The maximum Gasteiger partial charge on any atom is 0.330 e. The lowest BCUT2D eigenvalue weighted by Gasteiger charge is -1.87. The zero-order chi connectivity index (χ0) is 10.1. The maximum atomic E-state index is 9.83. The number of carboxylic acids is 1. The van der Waals surface area contributed by atoms with Crippen LogP contribution in [-0.4, -0.2) is 17.0 Å². The van der Waals surface area contributed by atoms with Crippen LogP contribution in [0.2, 0.25) is 0 Å². The monoisotopic (exact) mass is 171 g/mol. The van der Waals surface area contributed by atoms with Crippen LogP contribution in [0.4, 0.5) is 0 Å². The summed E-state index contributed by atoms with van der Waals surface area (Å²) in [5.41, 5.74) is 4.80. The van der Waals surface area contributed by atoms with Crippen LogP contribution in [0.25, 0.3) is 0 Å². The number of hydrogen-bond donors (Lipinski definition) is 2. The van der Waals surface area contributed by atoms with E-state index in [4.69, 9.17) is 5.11 Å². The van der Waals surface area contributed by atoms with E-state index < -0.39 is 11.9 Å². The maximum absolute atomic E-state index is 9.83. The second-order valence-corrected chi connectivity index (χ2v) is 1.87. The van der Waals surface area contributed by atoms with Crippen LogP contribution in [0.15, 0.2) is 24.8 Å². The summed E-state index contributed by atoms with van der Waals surface area (Å²) >= 11 is 0. The van der Waals surface area contributed by atoms with Gasteiger partial charge < -0.3 is 10.8 Å². The molecule has 0 fully saturated rings. The van der Waals surface area contributed by atoms with E-state index in [0.717, 1.165) is 6.08 Å². The second kappa shape index (κ2) is 7.53. The molecule has 0 aliphatic rings. The molecular weight excluding hydrogens is 158 g/mol. The first-order valence-corrected chi connectivity index (χ1v) is 3.28. The average molecular weight is 171 g/mol. The van der Waals surface area contributed by atoms with Gasteiger partial charge in [-0.15, -0.1) is 0 Å². The van der Waals surface area contributed by atoms with Crippen molar-refractivity contribution in [3.8, 4) is 0 Å². The van der Waals surface area contributed by atoms with Gasteiger partial charge in [-0.05, 0) is 12.5 Å². The Bertz CT molecular complexity index is 196. The van der Waals surface area contributed by atoms with Gasteiger partial charge in [0.15, 0.2) is 0 Å². The number of amides is 1. The lowest BCUT2D eigenvalue weighted by molar-refractivity contribution is -0.132. The number of aliphatic carboxylic acids is 1. The Balaban J connectivity index is 0. The van der Waals surface area contributed by atoms with Gasteiger partial charge >= 0.3 is 5.97 Å². The van der Waals surface area contributed by atoms with Gasteiger partial charge in [0.2, 0.25) is 5.91 Å². The van der Waals surface area contributed by atoms with Gasteiger partial charge in [0.1, 0.15) is 0 Å². The first kappa shape index (κ1) is 13.0. The fraction of sp³-hybridized carbons (Fsp3) is 0.250. The fourth-order valence-corrected chi connectivity index (χ4v) is 0.151. The van der Waals surface area contributed by atoms with Crippen molar-refractivity contribution in [1.82, 2.24) is 0 Å². The molecule has 0 aromatic carbocycles. The number of carboxylic acid groups (broad SMARTS) is 1. The SMILES string of the molecule is C=C(CC)C(=O)O.C=CC(N)=O. The Morgan fingerprint density at radius 3 is 1.92 bits per heavy atom. The Kier molecular flexibility index (Phi) is 8.18. The molecule has 0 spiro atoms. The van der Waals surface area contributed by atoms with Crippen LogP contribution in [-0.2, 0) is 9.59 Å². The second-order valence-electron chi connectivity index (χ2n) is 1.87. The van der Waals surface area contributed by atoms with Crippen molar-refractivity contribution in [2.75, 3.05) is 0 Å². The summed E-state index contributed by atoms with van der Waals surface area (Å²) in [5, 5.41) is 8.08. The molecule has 0 aromatic rings. The molecule has 0 aromatic heterocycles. The van der Waals surface area contributed by atoms with E-state index in [1.807, 2.05) is 0 Å². The Hall–Kier alpha value is -1.58. The molecule has 0 saturated heterocycles. The highest BCUT2D eigenvalue weighted by Gasteiger charge is 1.96. The van der Waals surface area contributed by atoms with E-state index >= 15 is 0 Å². The lowest BCUT2D eigenvalue weighted by atomic mass is 10.2. The summed E-state index contributed by atoms with van der Waals surface area (Å²) in [7, 11) is 0. The molecule has 0 unspecified atom stereocenters. The summed E-state index contributed by atoms with van der Waals surface area (Å²) in [5.74, 6) is -1.38. The summed E-state index contributed by atoms with van der Waals surface area (Å²) < 4.78 is 0. The number of nitrogens with two attached hydrogens (primary N) is 1. The van der Waals surface area contributed by atoms with Crippen LogP contribution in [0.3, 0.4) is 0 Å². The Morgan fingerprint density at radius 1 is 1.58 bits per heavy atom. The third-order valence-corrected chi connectivity index (χ3v) is 0.930. The third kappa shape index (κ3) is 11.2. The topological polar surface area (TPSA) is 80.4 Å². The van der Waals surface area contributed by atoms with Gasteiger partial charge in [0.05, 0.1) is 0 Å². The predicted octanol–water partition coefficient (Wildman–Crippen LogP) is 0.695. The van der Waals surface area contributed by atoms with Gasteiger partial charge in [0, 0.05) is 5.57 Å². The zero-order valence-electron chi connectivity index (χ0n) is 7.04. The van der Waals surface area contributed by atoms with Crippen molar-refractivity contribution in [3.05, 3.63) is 24.8 Å². The van der Waals surface area contributed by atoms with Gasteiger partial charge in [-0.2, -0.15) is 0 Å². The highest BCUT2D eigenvalue weighted by atomic mass is 16.4. The molecule has 0 rings (SSSR count). The minimum absolute atomic E-state index is 0.264. The minimum atomic E-state index is -0.900. The lowest BCUT2D eigenvalue weighted by Crippen LogP contribution is -2.04. The molecular formula is C8H13NO3. The molecule has 3 N–H and O–H groups in total. The van der Waals surface area contributed by atoms with E-state index in [1.165, 1.54) is 0 Å². The molecule has 4 nitrogen and oxygen atoms in total. The molecule has 68 valence electrons. The largest absolute Gasteiger partial charge is 0.478 e. The third-order valence-electron chi connectivity index (χ3n) is 0.930. The molecule has 0 radical (unpaired) electrons. The van der Waals surface area contributed by atoms with E-state index in [9.17, 15) is 9.59 Å². The average Bonchev–Trinajstić information content (AvgIpc) is 2.04. The molecule has 0 bridgehead atoms. The quantitative estimate of drug-likeness (QED) is 0.613. The summed E-state index contributed by atoms with van der Waals surface area (Å²) in [6.07, 6.45) is 1.58. The number of carbonyl (C=O) groups excluding carboxylic acids is 1. The predicted molar refractivity (Wildman–Crippen MR) is 46.5 cm³/mol. The highest BCUT2D eigenvalue weighted by Crippen LogP contribution is 1.93. The van der Waals surface area contributed by atoms with Crippen molar-refractivity contribution in [1.29, 1.82) is 0 Å². The van der Waals surface area contributed by atoms with Crippen molar-refractivity contribution in [3.63, 3.8) is 0 Å². The first-order chi connectivity index (χ1) is 5.45. The highest BCUT2D eigenvalue weighted by molar-refractivity contribution is 5.85. The Morgan fingerprint density at radius 2 is 1.92 bits per heavy atom. The normalized spacial score (nSPS) is 7.42. The van der Waals surface area contributed by atoms with Gasteiger partial charge in [-0.3, -0.25) is 4.79 Å². The summed E-state index contributed by atoms with van der Waals surface area (Å²) in [4.78, 5) is 19.3. The molecule has 12 heavy (non-hydrogen) atoms. The summed E-state index contributed by atoms with van der Waals surface area (Å²) in [6.45, 7) is 8.12. The molecule has 0 atom stereocenters. The van der Waals surface area contributed by atoms with Crippen molar-refractivity contribution < 1.29 is 14.7 Å². The molecule has 0 saturated carbocycles. The zero-order valence-corrected chi connectivity index (χ0v) is 7.04. The standard InChI is InChI=1S/C5H8O2.C3H5NO/c1-3-4(2)5(6)7;1-2-3(4)5/h2-3H2,1H3,(H,6,7);2H,1H2,(H2,4,5). The Labute approximate surface area is 71.4 Å². The van der Waals surface area contributed by atoms with Crippen molar-refractivity contribution in [2.45, 2.75) is 13.3 Å². The van der Waals surface area contributed by atoms with Crippen molar-refractivity contribution >= 4 is 11.9 Å².